The summed E-state index contributed by atoms with van der Waals surface area (Å²) in [5.41, 5.74) is 2.04. The van der Waals surface area contributed by atoms with Crippen LogP contribution in [0.3, 0.4) is 0 Å². The third-order valence-corrected chi connectivity index (χ3v) is 3.94. The summed E-state index contributed by atoms with van der Waals surface area (Å²) < 4.78 is 19.0. The molecule has 0 aliphatic heterocycles. The largest absolute Gasteiger partial charge is 0.461 e. The lowest BCUT2D eigenvalue weighted by atomic mass is 9.99. The molecule has 0 saturated heterocycles. The zero-order chi connectivity index (χ0) is 15.0. The molecule has 2 nitrogen and oxygen atoms in total. The second-order valence-electron chi connectivity index (χ2n) is 5.02. The molecule has 0 spiro atoms. The lowest BCUT2D eigenvalue weighted by Gasteiger charge is -2.12. The monoisotopic (exact) mass is 304 g/mol. The van der Waals surface area contributed by atoms with Gasteiger partial charge in [0.15, 0.2) is 0 Å². The molecule has 1 N–H and O–H groups in total. The molecular weight excluding hydrogens is 291 g/mol. The van der Waals surface area contributed by atoms with E-state index in [0.717, 1.165) is 16.5 Å². The SMILES string of the molecule is Cc1oc2ccccc2c1C(O)Cc1cc(F)ccc1Cl. The number of para-hydroxylation sites is 1. The molecule has 108 valence electrons. The lowest BCUT2D eigenvalue weighted by molar-refractivity contribution is 0.177. The van der Waals surface area contributed by atoms with Crippen molar-refractivity contribution in [3.63, 3.8) is 0 Å². The maximum Gasteiger partial charge on any atom is 0.134 e. The predicted octanol–water partition coefficient (Wildman–Crippen LogP) is 4.81. The van der Waals surface area contributed by atoms with E-state index < -0.39 is 6.10 Å². The molecule has 1 unspecified atom stereocenters. The van der Waals surface area contributed by atoms with Crippen LogP contribution >= 0.6 is 11.6 Å². The van der Waals surface area contributed by atoms with Crippen molar-refractivity contribution in [3.05, 3.63) is 70.2 Å². The van der Waals surface area contributed by atoms with Crippen LogP contribution in [0.1, 0.15) is 23.0 Å². The second-order valence-corrected chi connectivity index (χ2v) is 5.43. The molecule has 4 heteroatoms. The fourth-order valence-corrected chi connectivity index (χ4v) is 2.81. The van der Waals surface area contributed by atoms with E-state index in [1.807, 2.05) is 31.2 Å². The Balaban J connectivity index is 1.99. The van der Waals surface area contributed by atoms with Crippen molar-refractivity contribution in [3.8, 4) is 0 Å². The van der Waals surface area contributed by atoms with Crippen molar-refractivity contribution < 1.29 is 13.9 Å². The van der Waals surface area contributed by atoms with Gasteiger partial charge in [0, 0.05) is 22.4 Å². The van der Waals surface area contributed by atoms with Crippen LogP contribution in [0.4, 0.5) is 4.39 Å². The van der Waals surface area contributed by atoms with Crippen molar-refractivity contribution in [1.82, 2.24) is 0 Å². The van der Waals surface area contributed by atoms with Gasteiger partial charge in [-0.25, -0.2) is 4.39 Å². The van der Waals surface area contributed by atoms with Gasteiger partial charge in [0.25, 0.3) is 0 Å². The van der Waals surface area contributed by atoms with Gasteiger partial charge in [-0.3, -0.25) is 0 Å². The Hall–Kier alpha value is -1.84. The van der Waals surface area contributed by atoms with Gasteiger partial charge in [-0.05, 0) is 36.8 Å². The summed E-state index contributed by atoms with van der Waals surface area (Å²) in [4.78, 5) is 0. The van der Waals surface area contributed by atoms with E-state index in [-0.39, 0.29) is 12.2 Å². The number of hydrogen-bond acceptors (Lipinski definition) is 2. The molecule has 0 bridgehead atoms. The maximum atomic E-state index is 13.3. The first-order valence-corrected chi connectivity index (χ1v) is 7.04. The van der Waals surface area contributed by atoms with Crippen LogP contribution in [-0.2, 0) is 6.42 Å². The molecule has 0 aliphatic rings. The summed E-state index contributed by atoms with van der Waals surface area (Å²) in [5.74, 6) is 0.298. The fraction of sp³-hybridized carbons (Fsp3) is 0.176. The number of fused-ring (bicyclic) bond motifs is 1. The highest BCUT2D eigenvalue weighted by molar-refractivity contribution is 6.31. The summed E-state index contributed by atoms with van der Waals surface area (Å²) >= 11 is 6.06. The number of hydrogen-bond donors (Lipinski definition) is 1. The molecule has 2 aromatic carbocycles. The minimum atomic E-state index is -0.798. The highest BCUT2D eigenvalue weighted by Gasteiger charge is 2.19. The molecule has 0 aliphatic carbocycles. The quantitative estimate of drug-likeness (QED) is 0.753. The Morgan fingerprint density at radius 2 is 2.00 bits per heavy atom. The molecule has 3 rings (SSSR count). The van der Waals surface area contributed by atoms with Gasteiger partial charge in [0.1, 0.15) is 17.2 Å². The highest BCUT2D eigenvalue weighted by Crippen LogP contribution is 2.33. The predicted molar refractivity (Wildman–Crippen MR) is 81.0 cm³/mol. The van der Waals surface area contributed by atoms with Crippen LogP contribution in [0.15, 0.2) is 46.9 Å². The summed E-state index contributed by atoms with van der Waals surface area (Å²) in [6.07, 6.45) is -0.561. The molecule has 1 heterocycles. The number of aliphatic hydroxyl groups is 1. The highest BCUT2D eigenvalue weighted by atomic mass is 35.5. The van der Waals surface area contributed by atoms with E-state index in [4.69, 9.17) is 16.0 Å². The van der Waals surface area contributed by atoms with Gasteiger partial charge < -0.3 is 9.52 Å². The summed E-state index contributed by atoms with van der Waals surface area (Å²) in [6, 6.07) is 11.7. The van der Waals surface area contributed by atoms with E-state index >= 15 is 0 Å². The Kier molecular flexibility index (Phi) is 3.70. The van der Waals surface area contributed by atoms with Gasteiger partial charge in [-0.15, -0.1) is 0 Å². The molecule has 0 radical (unpaired) electrons. The Labute approximate surface area is 126 Å². The van der Waals surface area contributed by atoms with Gasteiger partial charge in [0.05, 0.1) is 6.10 Å². The van der Waals surface area contributed by atoms with Crippen molar-refractivity contribution in [2.24, 2.45) is 0 Å². The molecule has 21 heavy (non-hydrogen) atoms. The standard InChI is InChI=1S/C17H14ClFO2/c1-10-17(13-4-2-3-5-16(13)21-10)15(20)9-11-8-12(19)6-7-14(11)18/h2-8,15,20H,9H2,1H3. The summed E-state index contributed by atoms with van der Waals surface area (Å²) in [5, 5.41) is 11.8. The van der Waals surface area contributed by atoms with E-state index in [1.54, 1.807) is 0 Å². The second kappa shape index (κ2) is 5.51. The van der Waals surface area contributed by atoms with Crippen LogP contribution in [-0.4, -0.2) is 5.11 Å². The minimum Gasteiger partial charge on any atom is -0.461 e. The fourth-order valence-electron chi connectivity index (χ4n) is 2.61. The number of benzene rings is 2. The molecule has 0 amide bonds. The topological polar surface area (TPSA) is 33.4 Å². The zero-order valence-corrected chi connectivity index (χ0v) is 12.2. The van der Waals surface area contributed by atoms with Crippen molar-refractivity contribution in [2.75, 3.05) is 0 Å². The van der Waals surface area contributed by atoms with Crippen LogP contribution < -0.4 is 0 Å². The normalized spacial score (nSPS) is 12.8. The number of rotatable bonds is 3. The van der Waals surface area contributed by atoms with Crippen molar-refractivity contribution in [2.45, 2.75) is 19.4 Å². The van der Waals surface area contributed by atoms with Crippen molar-refractivity contribution >= 4 is 22.6 Å². The van der Waals surface area contributed by atoms with Crippen LogP contribution in [0.25, 0.3) is 11.0 Å². The molecule has 1 atom stereocenters. The van der Waals surface area contributed by atoms with Gasteiger partial charge in [0.2, 0.25) is 0 Å². The average molecular weight is 305 g/mol. The lowest BCUT2D eigenvalue weighted by Crippen LogP contribution is -2.03. The first-order valence-electron chi connectivity index (χ1n) is 6.66. The first-order chi connectivity index (χ1) is 10.1. The van der Waals surface area contributed by atoms with Crippen LogP contribution in [0.2, 0.25) is 5.02 Å². The Morgan fingerprint density at radius 3 is 2.81 bits per heavy atom. The first kappa shape index (κ1) is 14.1. The van der Waals surface area contributed by atoms with Gasteiger partial charge in [-0.1, -0.05) is 29.8 Å². The molecular formula is C17H14ClFO2. The van der Waals surface area contributed by atoms with Crippen LogP contribution in [0.5, 0.6) is 0 Å². The number of aliphatic hydroxyl groups excluding tert-OH is 1. The summed E-state index contributed by atoms with van der Waals surface area (Å²) in [6.45, 7) is 1.81. The van der Waals surface area contributed by atoms with Gasteiger partial charge >= 0.3 is 0 Å². The summed E-state index contributed by atoms with van der Waals surface area (Å²) in [7, 11) is 0. The third-order valence-electron chi connectivity index (χ3n) is 3.57. The third kappa shape index (κ3) is 2.67. The van der Waals surface area contributed by atoms with Crippen molar-refractivity contribution in [1.29, 1.82) is 0 Å². The van der Waals surface area contributed by atoms with E-state index in [0.29, 0.717) is 16.3 Å². The number of furan rings is 1. The minimum absolute atomic E-state index is 0.237. The molecule has 0 fully saturated rings. The molecule has 0 saturated carbocycles. The average Bonchev–Trinajstić information content (AvgIpc) is 2.78. The zero-order valence-electron chi connectivity index (χ0n) is 11.4. The molecule has 3 aromatic rings. The molecule has 1 aromatic heterocycles. The smallest absolute Gasteiger partial charge is 0.134 e. The Morgan fingerprint density at radius 1 is 1.24 bits per heavy atom. The maximum absolute atomic E-state index is 13.3. The van der Waals surface area contributed by atoms with E-state index in [1.165, 1.54) is 18.2 Å². The Bertz CT molecular complexity index is 795. The van der Waals surface area contributed by atoms with E-state index in [2.05, 4.69) is 0 Å². The number of halogens is 2. The van der Waals surface area contributed by atoms with Crippen LogP contribution in [0, 0.1) is 12.7 Å². The number of aryl methyl sites for hydroxylation is 1. The van der Waals surface area contributed by atoms with E-state index in [9.17, 15) is 9.50 Å². The van der Waals surface area contributed by atoms with Gasteiger partial charge in [-0.2, -0.15) is 0 Å².